The number of hydrogen-bond donors (Lipinski definition) is 0. The van der Waals surface area contributed by atoms with Gasteiger partial charge in [-0.05, 0) is 29.9 Å². The first-order valence-electron chi connectivity index (χ1n) is 4.90. The lowest BCUT2D eigenvalue weighted by Crippen LogP contribution is -1.91. The Bertz CT molecular complexity index is 256. The summed E-state index contributed by atoms with van der Waals surface area (Å²) < 4.78 is 0. The van der Waals surface area contributed by atoms with Crippen molar-refractivity contribution in [2.75, 3.05) is 0 Å². The average Bonchev–Trinajstić information content (AvgIpc) is 2.18. The van der Waals surface area contributed by atoms with Crippen LogP contribution in [0.3, 0.4) is 0 Å². The van der Waals surface area contributed by atoms with Gasteiger partial charge in [-0.25, -0.2) is 0 Å². The van der Waals surface area contributed by atoms with E-state index < -0.39 is 0 Å². The van der Waals surface area contributed by atoms with Gasteiger partial charge in [0.2, 0.25) is 0 Å². The molecule has 0 fully saturated rings. The third kappa shape index (κ3) is 2.73. The third-order valence-corrected chi connectivity index (χ3v) is 2.51. The lowest BCUT2D eigenvalue weighted by molar-refractivity contribution is 0.733. The van der Waals surface area contributed by atoms with E-state index in [0.29, 0.717) is 5.92 Å². The highest BCUT2D eigenvalue weighted by molar-refractivity contribution is 5.25. The van der Waals surface area contributed by atoms with Crippen LogP contribution in [0, 0.1) is 6.58 Å². The number of benzene rings is 1. The highest BCUT2D eigenvalue weighted by Crippen LogP contribution is 2.18. The van der Waals surface area contributed by atoms with Gasteiger partial charge in [0.05, 0.1) is 0 Å². The van der Waals surface area contributed by atoms with Gasteiger partial charge in [-0.1, -0.05) is 50.8 Å². The maximum atomic E-state index is 5.36. The van der Waals surface area contributed by atoms with Crippen LogP contribution < -0.4 is 0 Å². The molecule has 69 valence electrons. The smallest absolute Gasteiger partial charge is 0.00943 e. The van der Waals surface area contributed by atoms with Gasteiger partial charge in [-0.2, -0.15) is 0 Å². The number of hydrogen-bond acceptors (Lipinski definition) is 0. The van der Waals surface area contributed by atoms with Crippen LogP contribution in [-0.4, -0.2) is 0 Å². The molecule has 0 nitrogen and oxygen atoms in total. The van der Waals surface area contributed by atoms with Crippen LogP contribution in [0.5, 0.6) is 0 Å². The van der Waals surface area contributed by atoms with E-state index >= 15 is 0 Å². The second kappa shape index (κ2) is 4.86. The molecule has 13 heavy (non-hydrogen) atoms. The van der Waals surface area contributed by atoms with Gasteiger partial charge in [-0.15, -0.1) is 0 Å². The van der Waals surface area contributed by atoms with Crippen molar-refractivity contribution in [3.8, 4) is 0 Å². The predicted octanol–water partition coefficient (Wildman–Crippen LogP) is 3.73. The summed E-state index contributed by atoms with van der Waals surface area (Å²) in [5.74, 6) is 0.663. The molecule has 0 N–H and O–H groups in total. The van der Waals surface area contributed by atoms with Gasteiger partial charge < -0.3 is 0 Å². The molecule has 0 heteroatoms. The monoisotopic (exact) mass is 173 g/mol. The fraction of sp³-hybridized carbons (Fsp3) is 0.385. The lowest BCUT2D eigenvalue weighted by Gasteiger charge is -2.08. The van der Waals surface area contributed by atoms with Gasteiger partial charge >= 0.3 is 0 Å². The molecule has 1 aromatic carbocycles. The Morgan fingerprint density at radius 1 is 1.31 bits per heavy atom. The van der Waals surface area contributed by atoms with Crippen LogP contribution in [0.4, 0.5) is 0 Å². The number of allylic oxidation sites excluding steroid dienone is 1. The van der Waals surface area contributed by atoms with Crippen molar-refractivity contribution >= 4 is 0 Å². The summed E-state index contributed by atoms with van der Waals surface area (Å²) in [5.41, 5.74) is 2.71. The standard InChI is InChI=1S/C13H17/c1-4-6-12-7-9-13(10-8-12)11(3)5-2/h1,4,7-11H,5-6H2,2-3H3. The van der Waals surface area contributed by atoms with E-state index in [1.165, 1.54) is 17.5 Å². The maximum Gasteiger partial charge on any atom is -0.00943 e. The minimum atomic E-state index is 0.663. The summed E-state index contributed by atoms with van der Waals surface area (Å²) in [6.07, 6.45) is 3.75. The van der Waals surface area contributed by atoms with Gasteiger partial charge in [0, 0.05) is 0 Å². The van der Waals surface area contributed by atoms with Crippen LogP contribution in [0.25, 0.3) is 0 Å². The minimum Gasteiger partial charge on any atom is -0.0801 e. The van der Waals surface area contributed by atoms with E-state index in [1.54, 1.807) is 6.08 Å². The second-order valence-electron chi connectivity index (χ2n) is 3.49. The highest BCUT2D eigenvalue weighted by Gasteiger charge is 2.01. The van der Waals surface area contributed by atoms with E-state index in [1.807, 2.05) is 0 Å². The summed E-state index contributed by atoms with van der Waals surface area (Å²) in [6, 6.07) is 8.72. The molecule has 0 saturated heterocycles. The molecule has 1 radical (unpaired) electrons. The summed E-state index contributed by atoms with van der Waals surface area (Å²) in [4.78, 5) is 0. The van der Waals surface area contributed by atoms with Crippen LogP contribution in [0.1, 0.15) is 37.3 Å². The summed E-state index contributed by atoms with van der Waals surface area (Å²) >= 11 is 0. The van der Waals surface area contributed by atoms with Gasteiger partial charge in [-0.3, -0.25) is 0 Å². The van der Waals surface area contributed by atoms with Gasteiger partial charge in [0.25, 0.3) is 0 Å². The summed E-state index contributed by atoms with van der Waals surface area (Å²) in [6.45, 7) is 9.83. The topological polar surface area (TPSA) is 0 Å². The van der Waals surface area contributed by atoms with Crippen molar-refractivity contribution in [1.82, 2.24) is 0 Å². The molecule has 0 amide bonds. The second-order valence-corrected chi connectivity index (χ2v) is 3.49. The summed E-state index contributed by atoms with van der Waals surface area (Å²) in [5, 5.41) is 0. The fourth-order valence-corrected chi connectivity index (χ4v) is 1.35. The normalized spacial score (nSPS) is 12.5. The zero-order valence-corrected chi connectivity index (χ0v) is 8.46. The molecule has 0 aromatic heterocycles. The van der Waals surface area contributed by atoms with Crippen LogP contribution in [0.2, 0.25) is 0 Å². The van der Waals surface area contributed by atoms with E-state index in [2.05, 4.69) is 38.1 Å². The molecular formula is C13H17. The minimum absolute atomic E-state index is 0.663. The van der Waals surface area contributed by atoms with Crippen LogP contribution >= 0.6 is 0 Å². The highest BCUT2D eigenvalue weighted by atomic mass is 14.1. The van der Waals surface area contributed by atoms with E-state index in [0.717, 1.165) is 6.42 Å². The van der Waals surface area contributed by atoms with Gasteiger partial charge in [0.15, 0.2) is 0 Å². The molecule has 0 saturated carbocycles. The van der Waals surface area contributed by atoms with Crippen molar-refractivity contribution in [2.24, 2.45) is 0 Å². The molecule has 0 bridgehead atoms. The molecular weight excluding hydrogens is 156 g/mol. The van der Waals surface area contributed by atoms with Crippen LogP contribution in [-0.2, 0) is 6.42 Å². The molecule has 0 aliphatic heterocycles. The Morgan fingerprint density at radius 2 is 1.92 bits per heavy atom. The van der Waals surface area contributed by atoms with E-state index in [9.17, 15) is 0 Å². The first kappa shape index (κ1) is 10.0. The average molecular weight is 173 g/mol. The Hall–Kier alpha value is -1.04. The zero-order chi connectivity index (χ0) is 9.68. The van der Waals surface area contributed by atoms with E-state index in [4.69, 9.17) is 6.58 Å². The molecule has 0 aliphatic carbocycles. The Labute approximate surface area is 81.3 Å². The van der Waals surface area contributed by atoms with Crippen molar-refractivity contribution in [1.29, 1.82) is 0 Å². The Morgan fingerprint density at radius 3 is 2.38 bits per heavy atom. The largest absolute Gasteiger partial charge is 0.0801 e. The molecule has 1 unspecified atom stereocenters. The zero-order valence-electron chi connectivity index (χ0n) is 8.46. The molecule has 1 atom stereocenters. The predicted molar refractivity (Wildman–Crippen MR) is 57.7 cm³/mol. The fourth-order valence-electron chi connectivity index (χ4n) is 1.35. The SMILES string of the molecule is [CH]=CCc1ccc(C(C)CC)cc1. The molecule has 0 heterocycles. The first-order valence-corrected chi connectivity index (χ1v) is 4.90. The Balaban J connectivity index is 2.74. The Kier molecular flexibility index (Phi) is 3.75. The van der Waals surface area contributed by atoms with Crippen molar-refractivity contribution < 1.29 is 0 Å². The molecule has 1 rings (SSSR count). The number of rotatable bonds is 4. The third-order valence-electron chi connectivity index (χ3n) is 2.51. The van der Waals surface area contributed by atoms with E-state index in [-0.39, 0.29) is 0 Å². The molecule has 0 spiro atoms. The molecule has 1 aromatic rings. The lowest BCUT2D eigenvalue weighted by atomic mass is 9.97. The van der Waals surface area contributed by atoms with Crippen molar-refractivity contribution in [3.63, 3.8) is 0 Å². The van der Waals surface area contributed by atoms with Crippen molar-refractivity contribution in [3.05, 3.63) is 48.0 Å². The first-order chi connectivity index (χ1) is 6.27. The molecule has 0 aliphatic rings. The maximum absolute atomic E-state index is 5.36. The van der Waals surface area contributed by atoms with Crippen molar-refractivity contribution in [2.45, 2.75) is 32.6 Å². The van der Waals surface area contributed by atoms with Crippen LogP contribution in [0.15, 0.2) is 30.3 Å². The quantitative estimate of drug-likeness (QED) is 0.650. The summed E-state index contributed by atoms with van der Waals surface area (Å²) in [7, 11) is 0. The van der Waals surface area contributed by atoms with Gasteiger partial charge in [0.1, 0.15) is 0 Å².